The number of hydrogen-bond acceptors (Lipinski definition) is 7. The standard InChI is InChI=1S/C24H24N4O2S3/c1-12-7-13(2)20(14(3)8-12)16-9-32-24(25-16)28-19(29)11-31-10-18-26-22(30)21-15-5-4-6-17(15)33-23(21)27-18/h7-9H,4-6,10-11H2,1-3H3,(H,25,28,29)(H,26,27,30). The maximum Gasteiger partial charge on any atom is 0.259 e. The largest absolute Gasteiger partial charge is 0.309 e. The van der Waals surface area contributed by atoms with E-state index in [2.05, 4.69) is 53.2 Å². The predicted octanol–water partition coefficient (Wildman–Crippen LogP) is 5.39. The van der Waals surface area contributed by atoms with E-state index in [0.29, 0.717) is 16.7 Å². The number of hydrogen-bond donors (Lipinski definition) is 2. The summed E-state index contributed by atoms with van der Waals surface area (Å²) in [4.78, 5) is 39.3. The molecule has 1 amide bonds. The van der Waals surface area contributed by atoms with Gasteiger partial charge in [-0.05, 0) is 56.7 Å². The molecular formula is C24H24N4O2S3. The number of carbonyl (C=O) groups is 1. The van der Waals surface area contributed by atoms with Gasteiger partial charge >= 0.3 is 0 Å². The topological polar surface area (TPSA) is 87.7 Å². The molecule has 0 atom stereocenters. The molecule has 1 aromatic carbocycles. The number of benzene rings is 1. The fraction of sp³-hybridized carbons (Fsp3) is 0.333. The third kappa shape index (κ3) is 4.49. The van der Waals surface area contributed by atoms with Crippen LogP contribution in [0.4, 0.5) is 5.13 Å². The smallest absolute Gasteiger partial charge is 0.259 e. The van der Waals surface area contributed by atoms with Gasteiger partial charge in [0.25, 0.3) is 5.56 Å². The van der Waals surface area contributed by atoms with Crippen molar-refractivity contribution in [3.8, 4) is 11.3 Å². The first-order valence-electron chi connectivity index (χ1n) is 10.8. The zero-order valence-corrected chi connectivity index (χ0v) is 21.2. The zero-order valence-electron chi connectivity index (χ0n) is 18.7. The van der Waals surface area contributed by atoms with Gasteiger partial charge in [0.2, 0.25) is 5.91 Å². The quantitative estimate of drug-likeness (QED) is 0.373. The van der Waals surface area contributed by atoms with Crippen LogP contribution in [0, 0.1) is 20.8 Å². The molecule has 0 saturated carbocycles. The second-order valence-corrected chi connectivity index (χ2v) is 11.3. The van der Waals surface area contributed by atoms with Crippen molar-refractivity contribution in [1.82, 2.24) is 15.0 Å². The summed E-state index contributed by atoms with van der Waals surface area (Å²) >= 11 is 4.49. The molecule has 0 saturated heterocycles. The maximum absolute atomic E-state index is 12.6. The zero-order chi connectivity index (χ0) is 23.1. The third-order valence-electron chi connectivity index (χ3n) is 5.78. The van der Waals surface area contributed by atoms with E-state index in [9.17, 15) is 9.59 Å². The van der Waals surface area contributed by atoms with Crippen LogP contribution in [0.15, 0.2) is 22.3 Å². The van der Waals surface area contributed by atoms with Gasteiger partial charge < -0.3 is 10.3 Å². The molecule has 0 aliphatic heterocycles. The number of carbonyl (C=O) groups excluding carboxylic acids is 1. The second-order valence-electron chi connectivity index (χ2n) is 8.40. The fourth-order valence-corrected chi connectivity index (χ4v) is 7.23. The minimum absolute atomic E-state index is 0.0588. The Bertz CT molecular complexity index is 1410. The minimum atomic E-state index is -0.114. The van der Waals surface area contributed by atoms with E-state index in [1.807, 2.05) is 5.38 Å². The summed E-state index contributed by atoms with van der Waals surface area (Å²) in [7, 11) is 0. The van der Waals surface area contributed by atoms with Crippen LogP contribution in [0.5, 0.6) is 0 Å². The number of thiazole rings is 1. The van der Waals surface area contributed by atoms with Crippen molar-refractivity contribution in [2.75, 3.05) is 11.1 Å². The fourth-order valence-electron chi connectivity index (χ4n) is 4.54. The first-order valence-corrected chi connectivity index (χ1v) is 13.7. The van der Waals surface area contributed by atoms with Crippen LogP contribution >= 0.6 is 34.4 Å². The highest BCUT2D eigenvalue weighted by molar-refractivity contribution is 7.99. The molecule has 0 radical (unpaired) electrons. The Labute approximate surface area is 203 Å². The molecule has 0 unspecified atom stereocenters. The van der Waals surface area contributed by atoms with Gasteiger partial charge in [-0.1, -0.05) is 17.7 Å². The lowest BCUT2D eigenvalue weighted by atomic mass is 9.98. The van der Waals surface area contributed by atoms with Crippen LogP contribution in [0.25, 0.3) is 21.5 Å². The number of amides is 1. The lowest BCUT2D eigenvalue weighted by Crippen LogP contribution is -2.15. The van der Waals surface area contributed by atoms with Crippen molar-refractivity contribution in [2.24, 2.45) is 0 Å². The first-order chi connectivity index (χ1) is 15.9. The molecule has 3 heterocycles. The molecule has 9 heteroatoms. The molecule has 3 aromatic heterocycles. The number of thioether (sulfide) groups is 1. The molecule has 2 N–H and O–H groups in total. The van der Waals surface area contributed by atoms with Crippen molar-refractivity contribution >= 4 is 55.7 Å². The molecule has 0 fully saturated rings. The summed E-state index contributed by atoms with van der Waals surface area (Å²) in [5.74, 6) is 1.25. The molecule has 1 aliphatic rings. The van der Waals surface area contributed by atoms with Gasteiger partial charge in [-0.2, -0.15) is 0 Å². The lowest BCUT2D eigenvalue weighted by molar-refractivity contribution is -0.113. The monoisotopic (exact) mass is 496 g/mol. The Balaban J connectivity index is 1.20. The van der Waals surface area contributed by atoms with Crippen molar-refractivity contribution < 1.29 is 4.79 Å². The van der Waals surface area contributed by atoms with E-state index in [1.54, 1.807) is 11.3 Å². The summed E-state index contributed by atoms with van der Waals surface area (Å²) in [6.07, 6.45) is 3.13. The summed E-state index contributed by atoms with van der Waals surface area (Å²) in [6, 6.07) is 4.30. The normalized spacial score (nSPS) is 12.9. The number of thiophene rings is 1. The van der Waals surface area contributed by atoms with Crippen LogP contribution in [-0.4, -0.2) is 26.6 Å². The minimum Gasteiger partial charge on any atom is -0.309 e. The molecular weight excluding hydrogens is 472 g/mol. The van der Waals surface area contributed by atoms with E-state index in [1.165, 1.54) is 50.2 Å². The van der Waals surface area contributed by atoms with E-state index in [-0.39, 0.29) is 17.2 Å². The van der Waals surface area contributed by atoms with Crippen LogP contribution in [0.1, 0.15) is 39.4 Å². The highest BCUT2D eigenvalue weighted by atomic mass is 32.2. The third-order valence-corrected chi connectivity index (χ3v) is 8.67. The van der Waals surface area contributed by atoms with Crippen molar-refractivity contribution in [3.05, 3.63) is 60.8 Å². The van der Waals surface area contributed by atoms with E-state index < -0.39 is 0 Å². The van der Waals surface area contributed by atoms with Crippen molar-refractivity contribution in [2.45, 2.75) is 45.8 Å². The summed E-state index contributed by atoms with van der Waals surface area (Å²) < 4.78 is 0. The van der Waals surface area contributed by atoms with Crippen LogP contribution in [-0.2, 0) is 23.4 Å². The molecule has 0 bridgehead atoms. The highest BCUT2D eigenvalue weighted by Crippen LogP contribution is 2.35. The van der Waals surface area contributed by atoms with Gasteiger partial charge in [0, 0.05) is 15.8 Å². The number of aryl methyl sites for hydroxylation is 5. The van der Waals surface area contributed by atoms with E-state index in [4.69, 9.17) is 0 Å². The molecule has 1 aliphatic carbocycles. The number of aromatic nitrogens is 3. The van der Waals surface area contributed by atoms with Crippen LogP contribution < -0.4 is 10.9 Å². The van der Waals surface area contributed by atoms with E-state index >= 15 is 0 Å². The second kappa shape index (κ2) is 9.04. The number of nitrogens with one attached hydrogen (secondary N) is 2. The average molecular weight is 497 g/mol. The molecule has 33 heavy (non-hydrogen) atoms. The Hall–Kier alpha value is -2.49. The average Bonchev–Trinajstić information content (AvgIpc) is 3.43. The number of aromatic amines is 1. The van der Waals surface area contributed by atoms with Crippen LogP contribution in [0.3, 0.4) is 0 Å². The van der Waals surface area contributed by atoms with Gasteiger partial charge in [0.15, 0.2) is 5.13 Å². The molecule has 0 spiro atoms. The van der Waals surface area contributed by atoms with Gasteiger partial charge in [-0.3, -0.25) is 9.59 Å². The van der Waals surface area contributed by atoms with Gasteiger partial charge in [-0.15, -0.1) is 34.4 Å². The Morgan fingerprint density at radius 3 is 2.76 bits per heavy atom. The Morgan fingerprint density at radius 2 is 1.97 bits per heavy atom. The number of rotatable bonds is 6. The SMILES string of the molecule is Cc1cc(C)c(-c2csc(NC(=O)CSCc3nc4sc5c(c4c(=O)[nH]3)CCC5)n2)c(C)c1. The Kier molecular flexibility index (Phi) is 6.11. The van der Waals surface area contributed by atoms with Gasteiger partial charge in [-0.25, -0.2) is 9.97 Å². The first kappa shape index (κ1) is 22.3. The van der Waals surface area contributed by atoms with Gasteiger partial charge in [0.05, 0.1) is 22.6 Å². The van der Waals surface area contributed by atoms with Gasteiger partial charge in [0.1, 0.15) is 10.7 Å². The van der Waals surface area contributed by atoms with Crippen molar-refractivity contribution in [1.29, 1.82) is 0 Å². The maximum atomic E-state index is 12.6. The lowest BCUT2D eigenvalue weighted by Gasteiger charge is -2.08. The number of H-pyrrole nitrogens is 1. The molecule has 6 nitrogen and oxygen atoms in total. The van der Waals surface area contributed by atoms with Crippen molar-refractivity contribution in [3.63, 3.8) is 0 Å². The van der Waals surface area contributed by atoms with Crippen LogP contribution in [0.2, 0.25) is 0 Å². The molecule has 5 rings (SSSR count). The molecule has 4 aromatic rings. The summed E-state index contributed by atoms with van der Waals surface area (Å²) in [5, 5.41) is 6.23. The highest BCUT2D eigenvalue weighted by Gasteiger charge is 2.21. The number of fused-ring (bicyclic) bond motifs is 3. The van der Waals surface area contributed by atoms with E-state index in [0.717, 1.165) is 40.7 Å². The summed E-state index contributed by atoms with van der Waals surface area (Å²) in [6.45, 7) is 6.26. The number of anilines is 1. The Morgan fingerprint density at radius 1 is 1.18 bits per heavy atom. The summed E-state index contributed by atoms with van der Waals surface area (Å²) in [5.41, 5.74) is 6.72. The number of nitrogens with zero attached hydrogens (tertiary/aromatic N) is 2. The predicted molar refractivity (Wildman–Crippen MR) is 139 cm³/mol. The molecule has 170 valence electrons.